The molecule has 2 bridgehead atoms. The topological polar surface area (TPSA) is 0 Å². The molecule has 0 spiro atoms. The van der Waals surface area contributed by atoms with E-state index in [0.29, 0.717) is 0 Å². The molecule has 0 saturated heterocycles. The molecule has 0 aromatic carbocycles. The smallest absolute Gasteiger partial charge is 1.00 e. The van der Waals surface area contributed by atoms with Crippen LogP contribution in [-0.2, 0) is 20.4 Å². The number of fused-ring (bicyclic) bond motifs is 2. The first-order valence-electron chi connectivity index (χ1n) is 2.82. The summed E-state index contributed by atoms with van der Waals surface area (Å²) in [5.41, 5.74) is 3.30. The molecule has 0 aliphatic heterocycles. The van der Waals surface area contributed by atoms with Crippen LogP contribution in [0.2, 0.25) is 0 Å². The minimum Gasteiger partial charge on any atom is -1.00 e. The van der Waals surface area contributed by atoms with E-state index >= 15 is 0 Å². The summed E-state index contributed by atoms with van der Waals surface area (Å²) in [6.07, 6.45) is 8.54. The molecule has 0 atom stereocenters. The summed E-state index contributed by atoms with van der Waals surface area (Å²) < 4.78 is 0. The first kappa shape index (κ1) is 13.3. The van der Waals surface area contributed by atoms with Crippen molar-refractivity contribution in [2.24, 2.45) is 0 Å². The SMILES string of the molecule is C1=C2CCC(=C1)C2.[Cl-].[Cl-].[Pd+2]. The molecule has 3 heteroatoms. The molecule has 1 saturated carbocycles. The molecule has 0 aromatic rings. The van der Waals surface area contributed by atoms with Crippen molar-refractivity contribution < 1.29 is 45.2 Å². The summed E-state index contributed by atoms with van der Waals surface area (Å²) in [6.45, 7) is 0. The van der Waals surface area contributed by atoms with Crippen LogP contribution in [0.25, 0.3) is 0 Å². The maximum atomic E-state index is 2.26. The van der Waals surface area contributed by atoms with Crippen molar-refractivity contribution in [3.8, 4) is 0 Å². The minimum atomic E-state index is 0. The van der Waals surface area contributed by atoms with Gasteiger partial charge in [-0.25, -0.2) is 0 Å². The zero-order chi connectivity index (χ0) is 4.69. The van der Waals surface area contributed by atoms with E-state index in [1.165, 1.54) is 19.3 Å². The normalized spacial score (nSPS) is 17.6. The van der Waals surface area contributed by atoms with Crippen molar-refractivity contribution in [1.29, 1.82) is 0 Å². The summed E-state index contributed by atoms with van der Waals surface area (Å²) in [7, 11) is 0. The van der Waals surface area contributed by atoms with Crippen molar-refractivity contribution in [3.05, 3.63) is 23.3 Å². The maximum Gasteiger partial charge on any atom is 2.00 e. The van der Waals surface area contributed by atoms with Gasteiger partial charge in [-0.1, -0.05) is 23.3 Å². The molecular weight excluding hydrogens is 261 g/mol. The molecule has 1 fully saturated rings. The first-order chi connectivity index (χ1) is 3.45. The van der Waals surface area contributed by atoms with Gasteiger partial charge in [0.25, 0.3) is 0 Å². The third-order valence-electron chi connectivity index (χ3n) is 1.78. The predicted molar refractivity (Wildman–Crippen MR) is 30.0 cm³/mol. The third kappa shape index (κ3) is 2.40. The van der Waals surface area contributed by atoms with Crippen LogP contribution >= 0.6 is 0 Å². The zero-order valence-corrected chi connectivity index (χ0v) is 8.41. The molecule has 2 aliphatic carbocycles. The second kappa shape index (κ2) is 5.38. The van der Waals surface area contributed by atoms with Gasteiger partial charge < -0.3 is 24.8 Å². The van der Waals surface area contributed by atoms with E-state index < -0.39 is 0 Å². The quantitative estimate of drug-likeness (QED) is 0.394. The van der Waals surface area contributed by atoms with Gasteiger partial charge in [0.2, 0.25) is 0 Å². The van der Waals surface area contributed by atoms with Gasteiger partial charge in [-0.3, -0.25) is 0 Å². The van der Waals surface area contributed by atoms with Crippen molar-refractivity contribution in [1.82, 2.24) is 0 Å². The Balaban J connectivity index is 0. The number of hydrogen-bond acceptors (Lipinski definition) is 0. The van der Waals surface area contributed by atoms with E-state index in [1.54, 1.807) is 11.1 Å². The molecule has 0 aromatic heterocycles. The van der Waals surface area contributed by atoms with Gasteiger partial charge in [0, 0.05) is 0 Å². The summed E-state index contributed by atoms with van der Waals surface area (Å²) in [4.78, 5) is 0. The van der Waals surface area contributed by atoms with Crippen molar-refractivity contribution in [2.75, 3.05) is 0 Å². The Morgan fingerprint density at radius 1 is 0.900 bits per heavy atom. The average molecular weight is 269 g/mol. The van der Waals surface area contributed by atoms with Crippen molar-refractivity contribution >= 4 is 0 Å². The Hall–Kier alpha value is 0.722. The number of allylic oxidation sites excluding steroid dienone is 4. The molecule has 10 heavy (non-hydrogen) atoms. The van der Waals surface area contributed by atoms with Crippen molar-refractivity contribution in [3.63, 3.8) is 0 Å². The summed E-state index contributed by atoms with van der Waals surface area (Å²) in [5, 5.41) is 0. The van der Waals surface area contributed by atoms with E-state index in [9.17, 15) is 0 Å². The van der Waals surface area contributed by atoms with Crippen LogP contribution in [0.4, 0.5) is 0 Å². The van der Waals surface area contributed by atoms with Crippen molar-refractivity contribution in [2.45, 2.75) is 19.3 Å². The molecule has 2 rings (SSSR count). The van der Waals surface area contributed by atoms with Crippen LogP contribution in [0.15, 0.2) is 23.3 Å². The molecule has 60 valence electrons. The van der Waals surface area contributed by atoms with Gasteiger partial charge in [-0.2, -0.15) is 0 Å². The molecule has 0 N–H and O–H groups in total. The van der Waals surface area contributed by atoms with Crippen LogP contribution in [0.3, 0.4) is 0 Å². The van der Waals surface area contributed by atoms with Gasteiger partial charge in [-0.05, 0) is 19.3 Å². The number of halogens is 2. The minimum absolute atomic E-state index is 0. The Morgan fingerprint density at radius 2 is 1.30 bits per heavy atom. The molecule has 0 unspecified atom stereocenters. The summed E-state index contributed by atoms with van der Waals surface area (Å²) >= 11 is 0. The van der Waals surface area contributed by atoms with Gasteiger partial charge in [0.05, 0.1) is 0 Å². The maximum absolute atomic E-state index is 2.26. The van der Waals surface area contributed by atoms with Crippen LogP contribution in [0.1, 0.15) is 19.3 Å². The molecule has 0 radical (unpaired) electrons. The third-order valence-corrected chi connectivity index (χ3v) is 1.78. The van der Waals surface area contributed by atoms with Gasteiger partial charge in [-0.15, -0.1) is 0 Å². The molecule has 0 nitrogen and oxygen atoms in total. The fourth-order valence-corrected chi connectivity index (χ4v) is 1.31. The monoisotopic (exact) mass is 268 g/mol. The molecule has 2 aliphatic rings. The average Bonchev–Trinajstić information content (AvgIpc) is 2.22. The van der Waals surface area contributed by atoms with Gasteiger partial charge >= 0.3 is 20.4 Å². The standard InChI is InChI=1S/C7H8.2ClH.Pd/c1-2-7-4-3-6(1)5-7;;;/h1-2H,3-5H2;2*1H;/q;;;+2/p-2. The van der Waals surface area contributed by atoms with Crippen LogP contribution in [-0.4, -0.2) is 0 Å². The zero-order valence-electron chi connectivity index (χ0n) is 5.35. The fraction of sp³-hybridized carbons (Fsp3) is 0.429. The Labute approximate surface area is 87.6 Å². The second-order valence-electron chi connectivity index (χ2n) is 2.33. The molecule has 0 amide bonds. The Kier molecular flexibility index (Phi) is 7.17. The Bertz CT molecular complexity index is 143. The van der Waals surface area contributed by atoms with E-state index in [1.807, 2.05) is 0 Å². The van der Waals surface area contributed by atoms with Gasteiger partial charge in [0.1, 0.15) is 0 Å². The number of rotatable bonds is 0. The van der Waals surface area contributed by atoms with Crippen LogP contribution in [0, 0.1) is 0 Å². The molecular formula is C7H8Cl2Pd. The van der Waals surface area contributed by atoms with Crippen LogP contribution < -0.4 is 24.8 Å². The predicted octanol–water partition coefficient (Wildman–Crippen LogP) is -3.96. The largest absolute Gasteiger partial charge is 2.00 e. The van der Waals surface area contributed by atoms with Gasteiger partial charge in [0.15, 0.2) is 0 Å². The van der Waals surface area contributed by atoms with E-state index in [0.717, 1.165) is 0 Å². The number of hydrogen-bond donors (Lipinski definition) is 0. The van der Waals surface area contributed by atoms with E-state index in [-0.39, 0.29) is 45.2 Å². The summed E-state index contributed by atoms with van der Waals surface area (Å²) in [5.74, 6) is 0. The fourth-order valence-electron chi connectivity index (χ4n) is 1.31. The van der Waals surface area contributed by atoms with Crippen LogP contribution in [0.5, 0.6) is 0 Å². The van der Waals surface area contributed by atoms with E-state index in [4.69, 9.17) is 0 Å². The second-order valence-corrected chi connectivity index (χ2v) is 2.33. The molecule has 0 heterocycles. The summed E-state index contributed by atoms with van der Waals surface area (Å²) in [6, 6.07) is 0. The Morgan fingerprint density at radius 3 is 1.40 bits per heavy atom. The first-order valence-corrected chi connectivity index (χ1v) is 2.82. The van der Waals surface area contributed by atoms with E-state index in [2.05, 4.69) is 12.2 Å².